The van der Waals surface area contributed by atoms with E-state index in [0.29, 0.717) is 47.9 Å². The summed E-state index contributed by atoms with van der Waals surface area (Å²) in [6.07, 6.45) is 0. The summed E-state index contributed by atoms with van der Waals surface area (Å²) < 4.78 is 6.57. The van der Waals surface area contributed by atoms with Crippen molar-refractivity contribution in [2.45, 2.75) is 13.8 Å². The predicted molar refractivity (Wildman–Crippen MR) is 135 cm³/mol. The Morgan fingerprint density at radius 3 is 2.42 bits per heavy atom. The van der Waals surface area contributed by atoms with E-state index in [1.807, 2.05) is 19.9 Å². The lowest BCUT2D eigenvalue weighted by atomic mass is 10.1. The number of hydrogen-bond donors (Lipinski definition) is 2. The van der Waals surface area contributed by atoms with E-state index in [2.05, 4.69) is 26.6 Å². The minimum absolute atomic E-state index is 0.150. The van der Waals surface area contributed by atoms with Crippen LogP contribution >= 0.6 is 63.0 Å². The van der Waals surface area contributed by atoms with Gasteiger partial charge in [0.15, 0.2) is 5.11 Å². The van der Waals surface area contributed by atoms with Gasteiger partial charge in [0.05, 0.1) is 15.6 Å². The van der Waals surface area contributed by atoms with Crippen LogP contribution in [0, 0.1) is 13.8 Å². The van der Waals surface area contributed by atoms with Gasteiger partial charge in [-0.05, 0) is 89.5 Å². The van der Waals surface area contributed by atoms with Crippen LogP contribution in [0.2, 0.25) is 15.1 Å². The van der Waals surface area contributed by atoms with E-state index >= 15 is 0 Å². The molecule has 0 aliphatic rings. The van der Waals surface area contributed by atoms with Crippen LogP contribution in [-0.4, -0.2) is 11.0 Å². The first-order valence-electron chi connectivity index (χ1n) is 8.97. The van der Waals surface area contributed by atoms with E-state index in [-0.39, 0.29) is 11.0 Å². The molecule has 0 saturated heterocycles. The third-order valence-electron chi connectivity index (χ3n) is 4.36. The third kappa shape index (κ3) is 5.70. The first-order chi connectivity index (χ1) is 14.7. The van der Waals surface area contributed by atoms with Gasteiger partial charge in [0.1, 0.15) is 11.5 Å². The maximum atomic E-state index is 12.5. The normalized spacial score (nSPS) is 10.5. The molecule has 0 atom stereocenters. The smallest absolute Gasteiger partial charge is 0.258 e. The molecule has 0 aromatic heterocycles. The quantitative estimate of drug-likeness (QED) is 0.319. The Labute approximate surface area is 209 Å². The van der Waals surface area contributed by atoms with Crippen LogP contribution in [-0.2, 0) is 0 Å². The number of aryl methyl sites for hydroxylation is 1. The van der Waals surface area contributed by atoms with Crippen molar-refractivity contribution >= 4 is 79.7 Å². The maximum absolute atomic E-state index is 12.5. The number of benzene rings is 3. The van der Waals surface area contributed by atoms with Crippen molar-refractivity contribution in [2.75, 3.05) is 5.32 Å². The Morgan fingerprint density at radius 2 is 1.74 bits per heavy atom. The molecule has 1 amide bonds. The molecule has 0 aliphatic heterocycles. The van der Waals surface area contributed by atoms with Gasteiger partial charge in [-0.15, -0.1) is 0 Å². The van der Waals surface area contributed by atoms with E-state index in [9.17, 15) is 4.79 Å². The van der Waals surface area contributed by atoms with Crippen LogP contribution < -0.4 is 15.4 Å². The van der Waals surface area contributed by atoms with Crippen LogP contribution in [0.4, 0.5) is 5.69 Å². The standard InChI is InChI=1S/C22H16BrCl3N2O2S/c1-11-9-18(30-17-8-7-13(24)10-16(17)25)19(26)12(2)20(11)27-22(31)28-21(29)14-5-3-4-6-15(14)23/h3-10H,1-2H3,(H2,27,28,29,31). The van der Waals surface area contributed by atoms with Gasteiger partial charge in [0.25, 0.3) is 5.91 Å². The Hall–Kier alpha value is -1.83. The molecular weight excluding hydrogens is 543 g/mol. The number of carbonyl (C=O) groups is 1. The van der Waals surface area contributed by atoms with Crippen LogP contribution in [0.15, 0.2) is 53.0 Å². The first kappa shape index (κ1) is 23.8. The highest BCUT2D eigenvalue weighted by atomic mass is 79.9. The molecule has 0 fully saturated rings. The Morgan fingerprint density at radius 1 is 1.03 bits per heavy atom. The van der Waals surface area contributed by atoms with Crippen LogP contribution in [0.25, 0.3) is 0 Å². The van der Waals surface area contributed by atoms with Gasteiger partial charge in [-0.1, -0.05) is 46.9 Å². The van der Waals surface area contributed by atoms with Crippen molar-refractivity contribution in [2.24, 2.45) is 0 Å². The number of amides is 1. The number of nitrogens with one attached hydrogen (secondary N) is 2. The molecule has 0 spiro atoms. The minimum atomic E-state index is -0.330. The summed E-state index contributed by atoms with van der Waals surface area (Å²) in [4.78, 5) is 12.5. The molecule has 0 bridgehead atoms. The fourth-order valence-electron chi connectivity index (χ4n) is 2.83. The van der Waals surface area contributed by atoms with Gasteiger partial charge < -0.3 is 10.1 Å². The van der Waals surface area contributed by atoms with Gasteiger partial charge in [-0.25, -0.2) is 0 Å². The second-order valence-corrected chi connectivity index (χ2v) is 9.05. The monoisotopic (exact) mass is 556 g/mol. The molecular formula is C22H16BrCl3N2O2S. The van der Waals surface area contributed by atoms with Crippen molar-refractivity contribution in [1.29, 1.82) is 0 Å². The number of carbonyl (C=O) groups excluding carboxylic acids is 1. The molecule has 3 aromatic carbocycles. The van der Waals surface area contributed by atoms with E-state index in [4.69, 9.17) is 51.8 Å². The van der Waals surface area contributed by atoms with Crippen molar-refractivity contribution in [3.8, 4) is 11.5 Å². The molecule has 0 heterocycles. The van der Waals surface area contributed by atoms with Crippen LogP contribution in [0.5, 0.6) is 11.5 Å². The Kier molecular flexibility index (Phi) is 7.83. The highest BCUT2D eigenvalue weighted by Gasteiger charge is 2.17. The van der Waals surface area contributed by atoms with Gasteiger partial charge in [0, 0.05) is 15.2 Å². The van der Waals surface area contributed by atoms with Gasteiger partial charge in [-0.2, -0.15) is 0 Å². The van der Waals surface area contributed by atoms with Crippen molar-refractivity contribution in [3.63, 3.8) is 0 Å². The number of ether oxygens (including phenoxy) is 1. The summed E-state index contributed by atoms with van der Waals surface area (Å²) in [5.41, 5.74) is 2.68. The SMILES string of the molecule is Cc1cc(Oc2ccc(Cl)cc2Cl)c(Cl)c(C)c1NC(=S)NC(=O)c1ccccc1Br. The lowest BCUT2D eigenvalue weighted by Crippen LogP contribution is -2.34. The van der Waals surface area contributed by atoms with Gasteiger partial charge >= 0.3 is 0 Å². The van der Waals surface area contributed by atoms with E-state index < -0.39 is 0 Å². The summed E-state index contributed by atoms with van der Waals surface area (Å²) in [6, 6.07) is 13.8. The van der Waals surface area contributed by atoms with E-state index in [1.165, 1.54) is 0 Å². The zero-order valence-electron chi connectivity index (χ0n) is 16.4. The molecule has 0 aliphatic carbocycles. The second kappa shape index (κ2) is 10.2. The fourth-order valence-corrected chi connectivity index (χ4v) is 4.12. The number of hydrogen-bond acceptors (Lipinski definition) is 3. The lowest BCUT2D eigenvalue weighted by molar-refractivity contribution is 0.0977. The number of rotatable bonds is 4. The fraction of sp³-hybridized carbons (Fsp3) is 0.0909. The summed E-state index contributed by atoms with van der Waals surface area (Å²) in [7, 11) is 0. The summed E-state index contributed by atoms with van der Waals surface area (Å²) >= 11 is 27.4. The van der Waals surface area contributed by atoms with Gasteiger partial charge in [0.2, 0.25) is 0 Å². The second-order valence-electron chi connectivity index (χ2n) is 6.57. The topological polar surface area (TPSA) is 50.4 Å². The van der Waals surface area contributed by atoms with E-state index in [1.54, 1.807) is 42.5 Å². The van der Waals surface area contributed by atoms with Gasteiger partial charge in [-0.3, -0.25) is 10.1 Å². The average molecular weight is 559 g/mol. The minimum Gasteiger partial charge on any atom is -0.454 e. The summed E-state index contributed by atoms with van der Waals surface area (Å²) in [6.45, 7) is 3.70. The average Bonchev–Trinajstić information content (AvgIpc) is 2.71. The number of halogens is 4. The highest BCUT2D eigenvalue weighted by molar-refractivity contribution is 9.10. The summed E-state index contributed by atoms with van der Waals surface area (Å²) in [5.74, 6) is 0.544. The zero-order chi connectivity index (χ0) is 22.7. The van der Waals surface area contributed by atoms with Crippen molar-refractivity contribution < 1.29 is 9.53 Å². The molecule has 3 rings (SSSR count). The first-order valence-corrected chi connectivity index (χ1v) is 11.3. The Balaban J connectivity index is 1.79. The molecule has 2 N–H and O–H groups in total. The third-order valence-corrected chi connectivity index (χ3v) is 6.26. The van der Waals surface area contributed by atoms with Crippen LogP contribution in [0.3, 0.4) is 0 Å². The molecule has 3 aromatic rings. The van der Waals surface area contributed by atoms with E-state index in [0.717, 1.165) is 5.56 Å². The maximum Gasteiger partial charge on any atom is 0.258 e. The zero-order valence-corrected chi connectivity index (χ0v) is 21.0. The van der Waals surface area contributed by atoms with Crippen LogP contribution in [0.1, 0.15) is 21.5 Å². The Bertz CT molecular complexity index is 1190. The summed E-state index contributed by atoms with van der Waals surface area (Å²) in [5, 5.41) is 7.14. The molecule has 0 radical (unpaired) electrons. The molecule has 4 nitrogen and oxygen atoms in total. The predicted octanol–water partition coefficient (Wildman–Crippen LogP) is 7.95. The largest absolute Gasteiger partial charge is 0.454 e. The molecule has 31 heavy (non-hydrogen) atoms. The number of anilines is 1. The lowest BCUT2D eigenvalue weighted by Gasteiger charge is -2.18. The molecule has 9 heteroatoms. The molecule has 160 valence electrons. The number of thiocarbonyl (C=S) groups is 1. The highest BCUT2D eigenvalue weighted by Crippen LogP contribution is 2.40. The molecule has 0 unspecified atom stereocenters. The van der Waals surface area contributed by atoms with Crippen molar-refractivity contribution in [3.05, 3.63) is 84.8 Å². The van der Waals surface area contributed by atoms with Crippen molar-refractivity contribution in [1.82, 2.24) is 5.32 Å². The molecule has 0 saturated carbocycles.